The van der Waals surface area contributed by atoms with Gasteiger partial charge in [0.15, 0.2) is 4.80 Å². The van der Waals surface area contributed by atoms with E-state index in [1.807, 2.05) is 60.7 Å². The van der Waals surface area contributed by atoms with Gasteiger partial charge in [0.1, 0.15) is 0 Å². The largest absolute Gasteiger partial charge is 0.463 e. The summed E-state index contributed by atoms with van der Waals surface area (Å²) >= 11 is 1.33. The molecule has 1 aliphatic rings. The van der Waals surface area contributed by atoms with Gasteiger partial charge in [-0.1, -0.05) is 66.0 Å². The Balaban J connectivity index is 1.79. The zero-order valence-corrected chi connectivity index (χ0v) is 21.9. The van der Waals surface area contributed by atoms with Crippen molar-refractivity contribution in [1.29, 1.82) is 0 Å². The maximum Gasteiger partial charge on any atom is 0.338 e. The van der Waals surface area contributed by atoms with Gasteiger partial charge in [-0.15, -0.1) is 0 Å². The van der Waals surface area contributed by atoms with Crippen LogP contribution in [0.25, 0.3) is 12.2 Å². The van der Waals surface area contributed by atoms with Crippen LogP contribution in [0.1, 0.15) is 44.9 Å². The third kappa shape index (κ3) is 5.26. The fourth-order valence-corrected chi connectivity index (χ4v) is 5.36. The molecular weight excluding hydrogens is 470 g/mol. The van der Waals surface area contributed by atoms with Crippen molar-refractivity contribution >= 4 is 35.1 Å². The summed E-state index contributed by atoms with van der Waals surface area (Å²) in [6, 6.07) is 17.4. The van der Waals surface area contributed by atoms with E-state index in [-0.39, 0.29) is 12.2 Å². The van der Waals surface area contributed by atoms with Gasteiger partial charge >= 0.3 is 5.97 Å². The molecule has 1 unspecified atom stereocenters. The number of fused-ring (bicyclic) bond motifs is 1. The molecule has 7 heteroatoms. The summed E-state index contributed by atoms with van der Waals surface area (Å²) in [7, 11) is 0. The third-order valence-corrected chi connectivity index (χ3v) is 7.13. The molecule has 0 N–H and O–H groups in total. The third-order valence-electron chi connectivity index (χ3n) is 6.15. The Kier molecular flexibility index (Phi) is 8.00. The maximum atomic E-state index is 13.6. The van der Waals surface area contributed by atoms with Crippen LogP contribution < -0.4 is 19.8 Å². The van der Waals surface area contributed by atoms with E-state index in [0.29, 0.717) is 20.6 Å². The lowest BCUT2D eigenvalue weighted by Crippen LogP contribution is -2.38. The standard InChI is InChI=1S/C29H31N3O3S/c1-5-31(6-2)23-16-13-22(14-17-23)19-25-27(33)32-24(18-15-21-11-9-8-10-12-21)26(28(34)35-7-3)20(4)30-29(32)36-25/h8-19,24H,5-7H2,1-4H3. The van der Waals surface area contributed by atoms with E-state index in [2.05, 4.69) is 35.9 Å². The molecule has 0 radical (unpaired) electrons. The van der Waals surface area contributed by atoms with Crippen LogP contribution in [0.5, 0.6) is 0 Å². The van der Waals surface area contributed by atoms with E-state index in [4.69, 9.17) is 4.74 Å². The average Bonchev–Trinajstić information content (AvgIpc) is 3.19. The Morgan fingerprint density at radius 3 is 2.39 bits per heavy atom. The summed E-state index contributed by atoms with van der Waals surface area (Å²) in [6.45, 7) is 9.95. The van der Waals surface area contributed by atoms with Gasteiger partial charge in [0.05, 0.1) is 28.5 Å². The number of thiazole rings is 1. The normalized spacial score (nSPS) is 15.7. The number of nitrogens with zero attached hydrogens (tertiary/aromatic N) is 3. The minimum absolute atomic E-state index is 0.177. The van der Waals surface area contributed by atoms with Gasteiger partial charge in [-0.2, -0.15) is 0 Å². The predicted octanol–water partition coefficient (Wildman–Crippen LogP) is 4.31. The zero-order valence-electron chi connectivity index (χ0n) is 21.1. The monoisotopic (exact) mass is 501 g/mol. The van der Waals surface area contributed by atoms with Crippen LogP contribution in [-0.2, 0) is 9.53 Å². The lowest BCUT2D eigenvalue weighted by atomic mass is 10.0. The topological polar surface area (TPSA) is 63.9 Å². The molecule has 0 saturated carbocycles. The van der Waals surface area contributed by atoms with Crippen molar-refractivity contribution in [2.75, 3.05) is 24.6 Å². The van der Waals surface area contributed by atoms with E-state index in [1.54, 1.807) is 18.4 Å². The number of hydrogen-bond donors (Lipinski definition) is 0. The van der Waals surface area contributed by atoms with Gasteiger partial charge in [0, 0.05) is 18.8 Å². The molecule has 0 fully saturated rings. The Labute approximate surface area is 215 Å². The van der Waals surface area contributed by atoms with Gasteiger partial charge in [-0.25, -0.2) is 9.79 Å². The highest BCUT2D eigenvalue weighted by molar-refractivity contribution is 7.07. The van der Waals surface area contributed by atoms with Gasteiger partial charge in [0.2, 0.25) is 0 Å². The highest BCUT2D eigenvalue weighted by Gasteiger charge is 2.30. The molecular formula is C29H31N3O3S. The lowest BCUT2D eigenvalue weighted by Gasteiger charge is -2.21. The average molecular weight is 502 g/mol. The highest BCUT2D eigenvalue weighted by Crippen LogP contribution is 2.26. The van der Waals surface area contributed by atoms with Crippen LogP contribution >= 0.6 is 11.3 Å². The Bertz CT molecular complexity index is 1460. The molecule has 1 atom stereocenters. The van der Waals surface area contributed by atoms with Gasteiger partial charge in [-0.05, 0) is 57.0 Å². The molecule has 0 amide bonds. The first-order valence-corrected chi connectivity index (χ1v) is 13.1. The summed E-state index contributed by atoms with van der Waals surface area (Å²) in [5.74, 6) is -0.456. The van der Waals surface area contributed by atoms with Crippen molar-refractivity contribution in [3.05, 3.63) is 103 Å². The minimum atomic E-state index is -0.604. The second kappa shape index (κ2) is 11.4. The first-order chi connectivity index (χ1) is 17.5. The van der Waals surface area contributed by atoms with E-state index < -0.39 is 12.0 Å². The van der Waals surface area contributed by atoms with E-state index in [9.17, 15) is 9.59 Å². The number of rotatable bonds is 8. The molecule has 1 aliphatic heterocycles. The van der Waals surface area contributed by atoms with Crippen LogP contribution in [0.15, 0.2) is 81.7 Å². The van der Waals surface area contributed by atoms with Crippen LogP contribution in [0.4, 0.5) is 5.69 Å². The molecule has 6 nitrogen and oxygen atoms in total. The summed E-state index contributed by atoms with van der Waals surface area (Å²) in [6.07, 6.45) is 5.68. The minimum Gasteiger partial charge on any atom is -0.463 e. The van der Waals surface area contributed by atoms with Crippen LogP contribution in [0.2, 0.25) is 0 Å². The van der Waals surface area contributed by atoms with Crippen molar-refractivity contribution < 1.29 is 9.53 Å². The lowest BCUT2D eigenvalue weighted by molar-refractivity contribution is -0.139. The smallest absolute Gasteiger partial charge is 0.338 e. The molecule has 3 aromatic rings. The fraction of sp³-hybridized carbons (Fsp3) is 0.276. The number of carbonyl (C=O) groups excluding carboxylic acids is 1. The summed E-state index contributed by atoms with van der Waals surface area (Å²) in [5, 5.41) is 0. The van der Waals surface area contributed by atoms with Crippen molar-refractivity contribution in [1.82, 2.24) is 4.57 Å². The zero-order chi connectivity index (χ0) is 25.7. The summed E-state index contributed by atoms with van der Waals surface area (Å²) in [4.78, 5) is 34.0. The Hall–Kier alpha value is -3.71. The summed E-state index contributed by atoms with van der Waals surface area (Å²) in [5.41, 5.74) is 3.83. The van der Waals surface area contributed by atoms with Crippen molar-refractivity contribution in [3.63, 3.8) is 0 Å². The van der Waals surface area contributed by atoms with Gasteiger partial charge < -0.3 is 9.64 Å². The van der Waals surface area contributed by atoms with Crippen LogP contribution in [-0.4, -0.2) is 30.2 Å². The number of hydrogen-bond acceptors (Lipinski definition) is 6. The van der Waals surface area contributed by atoms with Gasteiger partial charge in [0.25, 0.3) is 5.56 Å². The van der Waals surface area contributed by atoms with Crippen LogP contribution in [0, 0.1) is 0 Å². The quantitative estimate of drug-likeness (QED) is 0.432. The number of ether oxygens (including phenoxy) is 1. The molecule has 36 heavy (non-hydrogen) atoms. The number of aromatic nitrogens is 1. The maximum absolute atomic E-state index is 13.6. The number of allylic oxidation sites excluding steroid dienone is 2. The SMILES string of the molecule is CCOC(=O)C1=C(C)N=c2sc(=Cc3ccc(N(CC)CC)cc3)c(=O)n2C1C=Cc1ccccc1. The molecule has 0 spiro atoms. The Morgan fingerprint density at radius 2 is 1.75 bits per heavy atom. The number of anilines is 1. The van der Waals surface area contributed by atoms with Crippen molar-refractivity contribution in [3.8, 4) is 0 Å². The molecule has 0 bridgehead atoms. The molecule has 0 aliphatic carbocycles. The molecule has 1 aromatic heterocycles. The first kappa shape index (κ1) is 25.4. The van der Waals surface area contributed by atoms with Gasteiger partial charge in [-0.3, -0.25) is 9.36 Å². The molecule has 2 heterocycles. The van der Waals surface area contributed by atoms with E-state index >= 15 is 0 Å². The molecule has 2 aromatic carbocycles. The van der Waals surface area contributed by atoms with E-state index in [1.165, 1.54) is 11.3 Å². The molecule has 0 saturated heterocycles. The van der Waals surface area contributed by atoms with Crippen LogP contribution in [0.3, 0.4) is 0 Å². The number of benzene rings is 2. The fourth-order valence-electron chi connectivity index (χ4n) is 4.30. The molecule has 4 rings (SSSR count). The van der Waals surface area contributed by atoms with Crippen molar-refractivity contribution in [2.45, 2.75) is 33.7 Å². The number of carbonyl (C=O) groups is 1. The van der Waals surface area contributed by atoms with Crippen molar-refractivity contribution in [2.24, 2.45) is 4.99 Å². The number of esters is 1. The predicted molar refractivity (Wildman–Crippen MR) is 147 cm³/mol. The Morgan fingerprint density at radius 1 is 1.06 bits per heavy atom. The second-order valence-corrected chi connectivity index (χ2v) is 9.39. The van der Waals surface area contributed by atoms with E-state index in [0.717, 1.165) is 29.9 Å². The molecule has 186 valence electrons. The second-order valence-electron chi connectivity index (χ2n) is 8.38. The summed E-state index contributed by atoms with van der Waals surface area (Å²) < 4.78 is 7.49. The highest BCUT2D eigenvalue weighted by atomic mass is 32.1. The first-order valence-electron chi connectivity index (χ1n) is 12.2.